The molecule has 0 amide bonds. The maximum atomic E-state index is 11.1. The zero-order valence-electron chi connectivity index (χ0n) is 8.18. The van der Waals surface area contributed by atoms with Crippen molar-refractivity contribution in [3.63, 3.8) is 0 Å². The maximum Gasteiger partial charge on any atom is 0.152 e. The van der Waals surface area contributed by atoms with E-state index in [0.29, 0.717) is 5.02 Å². The average molecular weight is 231 g/mol. The molecule has 0 saturated carbocycles. The van der Waals surface area contributed by atoms with E-state index in [1.807, 2.05) is 25.1 Å². The lowest BCUT2D eigenvalue weighted by atomic mass is 10.0. The molecule has 0 aliphatic heterocycles. The molecule has 0 aliphatic carbocycles. The van der Waals surface area contributed by atoms with E-state index < -0.39 is 5.38 Å². The van der Waals surface area contributed by atoms with E-state index in [1.54, 1.807) is 0 Å². The zero-order valence-corrected chi connectivity index (χ0v) is 9.69. The molecule has 1 nitrogen and oxygen atoms in total. The Morgan fingerprint density at radius 2 is 2.14 bits per heavy atom. The van der Waals surface area contributed by atoms with Gasteiger partial charge in [0.1, 0.15) is 5.38 Å². The lowest BCUT2D eigenvalue weighted by molar-refractivity contribution is -0.116. The summed E-state index contributed by atoms with van der Waals surface area (Å²) in [5, 5.41) is 0.0977. The van der Waals surface area contributed by atoms with E-state index in [9.17, 15) is 4.79 Å². The predicted octanol–water partition coefficient (Wildman–Crippen LogP) is 3.77. The molecule has 0 saturated heterocycles. The first kappa shape index (κ1) is 11.5. The summed E-state index contributed by atoms with van der Waals surface area (Å²) in [7, 11) is 0. The minimum absolute atomic E-state index is 0.0522. The Morgan fingerprint density at radius 1 is 1.50 bits per heavy atom. The Labute approximate surface area is 94.0 Å². The van der Waals surface area contributed by atoms with Gasteiger partial charge in [-0.2, -0.15) is 0 Å². The van der Waals surface area contributed by atoms with Gasteiger partial charge in [-0.05, 0) is 30.5 Å². The van der Waals surface area contributed by atoms with Crippen LogP contribution in [-0.2, 0) is 11.2 Å². The average Bonchev–Trinajstić information content (AvgIpc) is 2.16. The Bertz CT molecular complexity index is 347. The van der Waals surface area contributed by atoms with Gasteiger partial charge in [-0.1, -0.05) is 30.7 Å². The van der Waals surface area contributed by atoms with Crippen molar-refractivity contribution in [3.8, 4) is 0 Å². The summed E-state index contributed by atoms with van der Waals surface area (Å²) < 4.78 is 0. The SMILES string of the molecule is CCc1c(Cl)cccc1C(Cl)C(C)=O. The van der Waals surface area contributed by atoms with Gasteiger partial charge in [-0.15, -0.1) is 11.6 Å². The zero-order chi connectivity index (χ0) is 10.7. The Hall–Kier alpha value is -0.530. The van der Waals surface area contributed by atoms with Crippen molar-refractivity contribution in [1.29, 1.82) is 0 Å². The van der Waals surface area contributed by atoms with Crippen LogP contribution in [-0.4, -0.2) is 5.78 Å². The van der Waals surface area contributed by atoms with Crippen molar-refractivity contribution >= 4 is 29.0 Å². The second kappa shape index (κ2) is 4.81. The number of rotatable bonds is 3. The maximum absolute atomic E-state index is 11.1. The first-order valence-electron chi connectivity index (χ1n) is 4.49. The van der Waals surface area contributed by atoms with Crippen LogP contribution in [0.1, 0.15) is 30.4 Å². The van der Waals surface area contributed by atoms with Crippen molar-refractivity contribution in [1.82, 2.24) is 0 Å². The van der Waals surface area contributed by atoms with Gasteiger partial charge in [-0.3, -0.25) is 4.79 Å². The third kappa shape index (κ3) is 2.28. The van der Waals surface area contributed by atoms with Gasteiger partial charge in [0.15, 0.2) is 5.78 Å². The summed E-state index contributed by atoms with van der Waals surface area (Å²) in [6.45, 7) is 3.48. The van der Waals surface area contributed by atoms with Crippen molar-refractivity contribution < 1.29 is 4.79 Å². The van der Waals surface area contributed by atoms with E-state index in [1.165, 1.54) is 6.92 Å². The normalized spacial score (nSPS) is 12.6. The quantitative estimate of drug-likeness (QED) is 0.723. The number of carbonyl (C=O) groups excluding carboxylic acids is 1. The van der Waals surface area contributed by atoms with Crippen molar-refractivity contribution in [2.75, 3.05) is 0 Å². The van der Waals surface area contributed by atoms with Crippen molar-refractivity contribution in [2.45, 2.75) is 25.6 Å². The second-order valence-electron chi connectivity index (χ2n) is 3.13. The molecule has 1 atom stereocenters. The summed E-state index contributed by atoms with van der Waals surface area (Å²) in [6.07, 6.45) is 0.783. The highest BCUT2D eigenvalue weighted by atomic mass is 35.5. The fourth-order valence-electron chi connectivity index (χ4n) is 1.40. The van der Waals surface area contributed by atoms with Crippen LogP contribution in [0, 0.1) is 0 Å². The lowest BCUT2D eigenvalue weighted by Crippen LogP contribution is -2.05. The number of ketones is 1. The molecule has 0 heterocycles. The molecular weight excluding hydrogens is 219 g/mol. The van der Waals surface area contributed by atoms with Gasteiger partial charge in [0.05, 0.1) is 0 Å². The fraction of sp³-hybridized carbons (Fsp3) is 0.364. The van der Waals surface area contributed by atoms with Crippen LogP contribution in [0.25, 0.3) is 0 Å². The number of alkyl halides is 1. The Balaban J connectivity index is 3.20. The van der Waals surface area contributed by atoms with Gasteiger partial charge in [0, 0.05) is 5.02 Å². The minimum Gasteiger partial charge on any atom is -0.298 e. The van der Waals surface area contributed by atoms with Gasteiger partial charge >= 0.3 is 0 Å². The Kier molecular flexibility index (Phi) is 3.97. The number of hydrogen-bond donors (Lipinski definition) is 0. The fourth-order valence-corrected chi connectivity index (χ4v) is 1.92. The van der Waals surface area contributed by atoms with E-state index >= 15 is 0 Å². The third-order valence-electron chi connectivity index (χ3n) is 2.14. The Morgan fingerprint density at radius 3 is 2.64 bits per heavy atom. The number of benzene rings is 1. The molecule has 0 N–H and O–H groups in total. The summed E-state index contributed by atoms with van der Waals surface area (Å²) in [4.78, 5) is 11.1. The van der Waals surface area contributed by atoms with Gasteiger partial charge in [0.2, 0.25) is 0 Å². The van der Waals surface area contributed by atoms with Crippen molar-refractivity contribution in [3.05, 3.63) is 34.3 Å². The smallest absolute Gasteiger partial charge is 0.152 e. The summed E-state index contributed by atoms with van der Waals surface area (Å²) in [6, 6.07) is 5.48. The number of carbonyl (C=O) groups is 1. The first-order valence-corrected chi connectivity index (χ1v) is 5.31. The van der Waals surface area contributed by atoms with E-state index in [4.69, 9.17) is 23.2 Å². The molecule has 0 radical (unpaired) electrons. The highest BCUT2D eigenvalue weighted by Crippen LogP contribution is 2.29. The third-order valence-corrected chi connectivity index (χ3v) is 3.04. The topological polar surface area (TPSA) is 17.1 Å². The van der Waals surface area contributed by atoms with Crippen LogP contribution in [0.15, 0.2) is 18.2 Å². The highest BCUT2D eigenvalue weighted by Gasteiger charge is 2.17. The molecule has 0 fully saturated rings. The minimum atomic E-state index is -0.580. The highest BCUT2D eigenvalue weighted by molar-refractivity contribution is 6.33. The summed E-state index contributed by atoms with van der Waals surface area (Å²) >= 11 is 12.0. The van der Waals surface area contributed by atoms with E-state index in [-0.39, 0.29) is 5.78 Å². The first-order chi connectivity index (χ1) is 6.57. The largest absolute Gasteiger partial charge is 0.298 e. The molecule has 76 valence electrons. The monoisotopic (exact) mass is 230 g/mol. The summed E-state index contributed by atoms with van der Waals surface area (Å²) in [5.74, 6) is -0.0522. The lowest BCUT2D eigenvalue weighted by Gasteiger charge is -2.12. The van der Waals surface area contributed by atoms with E-state index in [2.05, 4.69) is 0 Å². The van der Waals surface area contributed by atoms with E-state index in [0.717, 1.165) is 17.5 Å². The van der Waals surface area contributed by atoms with Crippen molar-refractivity contribution in [2.24, 2.45) is 0 Å². The molecule has 1 unspecified atom stereocenters. The molecule has 14 heavy (non-hydrogen) atoms. The molecule has 1 rings (SSSR count). The van der Waals surface area contributed by atoms with Gasteiger partial charge < -0.3 is 0 Å². The van der Waals surface area contributed by atoms with Gasteiger partial charge in [0.25, 0.3) is 0 Å². The molecule has 0 bridgehead atoms. The van der Waals surface area contributed by atoms with Crippen LogP contribution in [0.2, 0.25) is 5.02 Å². The van der Waals surface area contributed by atoms with Crippen LogP contribution >= 0.6 is 23.2 Å². The molecular formula is C11H12Cl2O. The van der Waals surface area contributed by atoms with Crippen LogP contribution in [0.4, 0.5) is 0 Å². The van der Waals surface area contributed by atoms with Gasteiger partial charge in [-0.25, -0.2) is 0 Å². The number of hydrogen-bond acceptors (Lipinski definition) is 1. The predicted molar refractivity (Wildman–Crippen MR) is 60.1 cm³/mol. The van der Waals surface area contributed by atoms with Crippen LogP contribution in [0.5, 0.6) is 0 Å². The molecule has 0 aliphatic rings. The standard InChI is InChI=1S/C11H12Cl2O/c1-3-8-9(11(13)7(2)14)5-4-6-10(8)12/h4-6,11H,3H2,1-2H3. The molecule has 0 spiro atoms. The van der Waals surface area contributed by atoms with Crippen LogP contribution < -0.4 is 0 Å². The van der Waals surface area contributed by atoms with Crippen LogP contribution in [0.3, 0.4) is 0 Å². The second-order valence-corrected chi connectivity index (χ2v) is 3.98. The number of Topliss-reactive ketones (excluding diaryl/α,β-unsaturated/α-hetero) is 1. The molecule has 3 heteroatoms. The molecule has 1 aromatic rings. The molecule has 0 aromatic heterocycles. The number of halogens is 2. The molecule has 1 aromatic carbocycles. The summed E-state index contributed by atoms with van der Waals surface area (Å²) in [5.41, 5.74) is 1.79.